The standard InChI is InChI=1S/C10H12Cl2N2O/c11-8-2-1-7(5-9(8)12)6-10(15)14-4-3-13/h1-2,5H,3-4,6,13H2,(H,14,15). The van der Waals surface area contributed by atoms with Crippen molar-refractivity contribution in [3.63, 3.8) is 0 Å². The lowest BCUT2D eigenvalue weighted by atomic mass is 10.1. The van der Waals surface area contributed by atoms with Gasteiger partial charge in [0.25, 0.3) is 0 Å². The van der Waals surface area contributed by atoms with Gasteiger partial charge in [-0.15, -0.1) is 0 Å². The van der Waals surface area contributed by atoms with Gasteiger partial charge in [-0.2, -0.15) is 0 Å². The molecule has 1 aromatic rings. The van der Waals surface area contributed by atoms with Gasteiger partial charge in [-0.05, 0) is 17.7 Å². The maximum absolute atomic E-state index is 11.3. The average molecular weight is 247 g/mol. The number of carbonyl (C=O) groups is 1. The SMILES string of the molecule is NCCNC(=O)Cc1ccc(Cl)c(Cl)c1. The summed E-state index contributed by atoms with van der Waals surface area (Å²) in [5.41, 5.74) is 6.09. The molecule has 1 rings (SSSR count). The minimum atomic E-state index is -0.0705. The molecule has 1 amide bonds. The Labute approximate surface area is 98.5 Å². The number of benzene rings is 1. The molecule has 0 saturated carbocycles. The average Bonchev–Trinajstić information content (AvgIpc) is 2.20. The van der Waals surface area contributed by atoms with E-state index in [0.29, 0.717) is 23.1 Å². The quantitative estimate of drug-likeness (QED) is 0.849. The first-order valence-corrected chi connectivity index (χ1v) is 5.29. The maximum atomic E-state index is 11.3. The number of carbonyl (C=O) groups excluding carboxylic acids is 1. The van der Waals surface area contributed by atoms with Gasteiger partial charge in [0.05, 0.1) is 16.5 Å². The van der Waals surface area contributed by atoms with Crippen molar-refractivity contribution in [2.24, 2.45) is 5.73 Å². The third kappa shape index (κ3) is 4.08. The molecular weight excluding hydrogens is 235 g/mol. The molecule has 0 aliphatic rings. The second-order valence-electron chi connectivity index (χ2n) is 3.06. The van der Waals surface area contributed by atoms with Crippen molar-refractivity contribution in [3.05, 3.63) is 33.8 Å². The minimum absolute atomic E-state index is 0.0705. The van der Waals surface area contributed by atoms with Crippen LogP contribution in [0.25, 0.3) is 0 Å². The van der Waals surface area contributed by atoms with Crippen LogP contribution in [0.4, 0.5) is 0 Å². The highest BCUT2D eigenvalue weighted by atomic mass is 35.5. The van der Waals surface area contributed by atoms with E-state index in [-0.39, 0.29) is 12.3 Å². The van der Waals surface area contributed by atoms with Crippen molar-refractivity contribution >= 4 is 29.1 Å². The molecule has 0 spiro atoms. The van der Waals surface area contributed by atoms with Crippen LogP contribution in [0.15, 0.2) is 18.2 Å². The first kappa shape index (κ1) is 12.3. The van der Waals surface area contributed by atoms with E-state index in [9.17, 15) is 4.79 Å². The third-order valence-corrected chi connectivity index (χ3v) is 2.55. The zero-order chi connectivity index (χ0) is 11.3. The molecule has 0 heterocycles. The summed E-state index contributed by atoms with van der Waals surface area (Å²) in [7, 11) is 0. The number of hydrogen-bond acceptors (Lipinski definition) is 2. The molecule has 3 N–H and O–H groups in total. The summed E-state index contributed by atoms with van der Waals surface area (Å²) in [6.07, 6.45) is 0.289. The molecule has 0 aliphatic carbocycles. The number of rotatable bonds is 4. The van der Waals surface area contributed by atoms with E-state index in [1.54, 1.807) is 18.2 Å². The molecule has 1 aromatic carbocycles. The van der Waals surface area contributed by atoms with Gasteiger partial charge in [-0.1, -0.05) is 29.3 Å². The van der Waals surface area contributed by atoms with Gasteiger partial charge < -0.3 is 11.1 Å². The second-order valence-corrected chi connectivity index (χ2v) is 3.88. The van der Waals surface area contributed by atoms with Crippen LogP contribution in [0.5, 0.6) is 0 Å². The van der Waals surface area contributed by atoms with E-state index in [2.05, 4.69) is 5.32 Å². The Morgan fingerprint density at radius 3 is 2.67 bits per heavy atom. The predicted molar refractivity (Wildman–Crippen MR) is 62.2 cm³/mol. The van der Waals surface area contributed by atoms with Crippen LogP contribution in [0.1, 0.15) is 5.56 Å². The smallest absolute Gasteiger partial charge is 0.224 e. The van der Waals surface area contributed by atoms with E-state index in [4.69, 9.17) is 28.9 Å². The molecule has 5 heteroatoms. The number of nitrogens with two attached hydrogens (primary N) is 1. The Morgan fingerprint density at radius 2 is 2.07 bits per heavy atom. The second kappa shape index (κ2) is 5.95. The third-order valence-electron chi connectivity index (χ3n) is 1.82. The molecule has 0 aliphatic heterocycles. The lowest BCUT2D eigenvalue weighted by molar-refractivity contribution is -0.120. The van der Waals surface area contributed by atoms with Crippen LogP contribution in [0.3, 0.4) is 0 Å². The van der Waals surface area contributed by atoms with E-state index < -0.39 is 0 Å². The summed E-state index contributed by atoms with van der Waals surface area (Å²) in [5, 5.41) is 3.62. The summed E-state index contributed by atoms with van der Waals surface area (Å²) in [4.78, 5) is 11.3. The highest BCUT2D eigenvalue weighted by Crippen LogP contribution is 2.22. The van der Waals surface area contributed by atoms with Crippen LogP contribution < -0.4 is 11.1 Å². The number of amides is 1. The molecule has 3 nitrogen and oxygen atoms in total. The first-order chi connectivity index (χ1) is 7.13. The van der Waals surface area contributed by atoms with Crippen molar-refractivity contribution in [1.82, 2.24) is 5.32 Å². The van der Waals surface area contributed by atoms with Gasteiger partial charge in [-0.3, -0.25) is 4.79 Å². The van der Waals surface area contributed by atoms with Crippen LogP contribution in [-0.2, 0) is 11.2 Å². The number of hydrogen-bond donors (Lipinski definition) is 2. The molecule has 0 fully saturated rings. The Hall–Kier alpha value is -0.770. The zero-order valence-corrected chi connectivity index (χ0v) is 9.61. The molecule has 0 aromatic heterocycles. The molecule has 0 radical (unpaired) electrons. The fourth-order valence-corrected chi connectivity index (χ4v) is 1.43. The molecule has 0 atom stereocenters. The Morgan fingerprint density at radius 1 is 1.33 bits per heavy atom. The van der Waals surface area contributed by atoms with Gasteiger partial charge in [0, 0.05) is 13.1 Å². The van der Waals surface area contributed by atoms with E-state index in [1.165, 1.54) is 0 Å². The molecule has 15 heavy (non-hydrogen) atoms. The maximum Gasteiger partial charge on any atom is 0.224 e. The lowest BCUT2D eigenvalue weighted by Gasteiger charge is -2.04. The van der Waals surface area contributed by atoms with Crippen molar-refractivity contribution < 1.29 is 4.79 Å². The lowest BCUT2D eigenvalue weighted by Crippen LogP contribution is -2.30. The van der Waals surface area contributed by atoms with Crippen LogP contribution in [-0.4, -0.2) is 19.0 Å². The zero-order valence-electron chi connectivity index (χ0n) is 8.09. The normalized spacial score (nSPS) is 10.1. The van der Waals surface area contributed by atoms with E-state index in [0.717, 1.165) is 5.56 Å². The van der Waals surface area contributed by atoms with E-state index >= 15 is 0 Å². The Balaban J connectivity index is 2.57. The molecule has 0 bridgehead atoms. The molecule has 0 unspecified atom stereocenters. The van der Waals surface area contributed by atoms with Crippen LogP contribution in [0.2, 0.25) is 10.0 Å². The molecule has 0 saturated heterocycles. The van der Waals surface area contributed by atoms with Gasteiger partial charge in [0.15, 0.2) is 0 Å². The number of nitrogens with one attached hydrogen (secondary N) is 1. The summed E-state index contributed by atoms with van der Waals surface area (Å²) in [6.45, 7) is 0.924. The Bertz CT molecular complexity index is 355. The van der Waals surface area contributed by atoms with Crippen molar-refractivity contribution in [2.45, 2.75) is 6.42 Å². The first-order valence-electron chi connectivity index (χ1n) is 4.54. The van der Waals surface area contributed by atoms with Crippen molar-refractivity contribution in [2.75, 3.05) is 13.1 Å². The Kier molecular flexibility index (Phi) is 4.88. The van der Waals surface area contributed by atoms with E-state index in [1.807, 2.05) is 0 Å². The van der Waals surface area contributed by atoms with Crippen LogP contribution >= 0.6 is 23.2 Å². The predicted octanol–water partition coefficient (Wildman–Crippen LogP) is 1.61. The van der Waals surface area contributed by atoms with Gasteiger partial charge in [0.1, 0.15) is 0 Å². The number of halogens is 2. The van der Waals surface area contributed by atoms with Gasteiger partial charge in [-0.25, -0.2) is 0 Å². The fraction of sp³-hybridized carbons (Fsp3) is 0.300. The summed E-state index contributed by atoms with van der Waals surface area (Å²) in [5.74, 6) is -0.0705. The van der Waals surface area contributed by atoms with Crippen LogP contribution in [0, 0.1) is 0 Å². The van der Waals surface area contributed by atoms with Gasteiger partial charge >= 0.3 is 0 Å². The summed E-state index contributed by atoms with van der Waals surface area (Å²) < 4.78 is 0. The highest BCUT2D eigenvalue weighted by Gasteiger charge is 2.04. The fourth-order valence-electron chi connectivity index (χ4n) is 1.11. The highest BCUT2D eigenvalue weighted by molar-refractivity contribution is 6.42. The summed E-state index contributed by atoms with van der Waals surface area (Å²) >= 11 is 11.6. The largest absolute Gasteiger partial charge is 0.355 e. The van der Waals surface area contributed by atoms with Crippen molar-refractivity contribution in [1.29, 1.82) is 0 Å². The monoisotopic (exact) mass is 246 g/mol. The molecular formula is C10H12Cl2N2O. The minimum Gasteiger partial charge on any atom is -0.355 e. The summed E-state index contributed by atoms with van der Waals surface area (Å²) in [6, 6.07) is 5.14. The molecule has 82 valence electrons. The van der Waals surface area contributed by atoms with Gasteiger partial charge in [0.2, 0.25) is 5.91 Å². The topological polar surface area (TPSA) is 55.1 Å². The van der Waals surface area contributed by atoms with Crippen molar-refractivity contribution in [3.8, 4) is 0 Å².